The van der Waals surface area contributed by atoms with Crippen LogP contribution in [0.15, 0.2) is 54.9 Å². The van der Waals surface area contributed by atoms with Gasteiger partial charge in [0.1, 0.15) is 22.7 Å². The number of anilines is 3. The van der Waals surface area contributed by atoms with E-state index in [-0.39, 0.29) is 24.0 Å². The van der Waals surface area contributed by atoms with Crippen molar-refractivity contribution in [1.29, 1.82) is 0 Å². The summed E-state index contributed by atoms with van der Waals surface area (Å²) in [5, 5.41) is 13.5. The summed E-state index contributed by atoms with van der Waals surface area (Å²) in [5.41, 5.74) is 0.138. The number of carbonyl (C=O) groups excluding carboxylic acids is 1. The number of hydrogen-bond acceptors (Lipinski definition) is 8. The van der Waals surface area contributed by atoms with E-state index in [2.05, 4.69) is 40.9 Å². The van der Waals surface area contributed by atoms with Crippen LogP contribution in [0.2, 0.25) is 0 Å². The molecular formula is C23H22F3N9O. The zero-order chi connectivity index (χ0) is 25.1. The molecule has 0 saturated carbocycles. The second-order valence-corrected chi connectivity index (χ2v) is 8.16. The van der Waals surface area contributed by atoms with E-state index >= 15 is 0 Å². The summed E-state index contributed by atoms with van der Waals surface area (Å²) in [6, 6.07) is 10.4. The molecule has 1 amide bonds. The number of nitrogens with one attached hydrogen (secondary N) is 3. The van der Waals surface area contributed by atoms with Crippen LogP contribution in [0, 0.1) is 0 Å². The van der Waals surface area contributed by atoms with E-state index in [1.807, 2.05) is 0 Å². The number of nitrogens with zero attached hydrogens (tertiary/aromatic N) is 6. The monoisotopic (exact) mass is 497 g/mol. The van der Waals surface area contributed by atoms with Crippen molar-refractivity contribution in [3.8, 4) is 11.5 Å². The number of amides is 1. The van der Waals surface area contributed by atoms with Gasteiger partial charge in [0.15, 0.2) is 5.82 Å². The molecule has 1 saturated heterocycles. The number of piperazine rings is 1. The van der Waals surface area contributed by atoms with Gasteiger partial charge in [-0.3, -0.25) is 9.69 Å². The van der Waals surface area contributed by atoms with Crippen LogP contribution in [0.25, 0.3) is 17.0 Å². The summed E-state index contributed by atoms with van der Waals surface area (Å²) >= 11 is 0. The smallest absolute Gasteiger partial charge is 0.338 e. The first-order valence-electron chi connectivity index (χ1n) is 11.2. The van der Waals surface area contributed by atoms with Gasteiger partial charge >= 0.3 is 6.18 Å². The number of alkyl halides is 3. The van der Waals surface area contributed by atoms with Crippen molar-refractivity contribution in [2.45, 2.75) is 6.18 Å². The number of aromatic nitrogens is 5. The molecule has 0 spiro atoms. The molecule has 186 valence electrons. The third-order valence-electron chi connectivity index (χ3n) is 5.53. The molecule has 0 unspecified atom stereocenters. The minimum absolute atomic E-state index is 0.0148. The normalized spacial score (nSPS) is 14.6. The van der Waals surface area contributed by atoms with Gasteiger partial charge in [0, 0.05) is 50.3 Å². The number of carbonyl (C=O) groups is 1. The maximum atomic E-state index is 13.2. The quantitative estimate of drug-likeness (QED) is 0.373. The second kappa shape index (κ2) is 9.87. The molecule has 36 heavy (non-hydrogen) atoms. The minimum Gasteiger partial charge on any atom is -0.338 e. The highest BCUT2D eigenvalue weighted by Crippen LogP contribution is 2.29. The maximum Gasteiger partial charge on any atom is 0.433 e. The van der Waals surface area contributed by atoms with Gasteiger partial charge in [-0.2, -0.15) is 13.2 Å². The number of pyridine rings is 2. The molecule has 5 heterocycles. The van der Waals surface area contributed by atoms with E-state index in [9.17, 15) is 18.0 Å². The molecule has 0 bridgehead atoms. The van der Waals surface area contributed by atoms with E-state index in [1.165, 1.54) is 22.8 Å². The van der Waals surface area contributed by atoms with Crippen molar-refractivity contribution < 1.29 is 18.0 Å². The lowest BCUT2D eigenvalue weighted by molar-refractivity contribution is -0.141. The van der Waals surface area contributed by atoms with Crippen LogP contribution in [0.1, 0.15) is 5.69 Å². The predicted molar refractivity (Wildman–Crippen MR) is 127 cm³/mol. The van der Waals surface area contributed by atoms with Gasteiger partial charge in [-0.25, -0.2) is 19.5 Å². The van der Waals surface area contributed by atoms with Gasteiger partial charge in [0.25, 0.3) is 0 Å². The molecule has 0 aromatic carbocycles. The van der Waals surface area contributed by atoms with Crippen LogP contribution >= 0.6 is 0 Å². The first kappa shape index (κ1) is 23.6. The molecule has 0 atom stereocenters. The molecule has 1 aliphatic rings. The van der Waals surface area contributed by atoms with Crippen LogP contribution in [0.3, 0.4) is 0 Å². The fourth-order valence-electron chi connectivity index (χ4n) is 3.82. The Morgan fingerprint density at radius 2 is 1.92 bits per heavy atom. The van der Waals surface area contributed by atoms with Crippen molar-refractivity contribution in [1.82, 2.24) is 34.8 Å². The number of halogens is 3. The van der Waals surface area contributed by atoms with Gasteiger partial charge in [-0.1, -0.05) is 6.07 Å². The molecule has 3 N–H and O–H groups in total. The number of fused-ring (bicyclic) bond motifs is 1. The molecule has 10 nitrogen and oxygen atoms in total. The van der Waals surface area contributed by atoms with Gasteiger partial charge in [0.2, 0.25) is 11.7 Å². The van der Waals surface area contributed by atoms with E-state index < -0.39 is 11.9 Å². The van der Waals surface area contributed by atoms with E-state index in [1.54, 1.807) is 30.5 Å². The zero-order valence-corrected chi connectivity index (χ0v) is 19.0. The Kier molecular flexibility index (Phi) is 6.48. The fourth-order valence-corrected chi connectivity index (χ4v) is 3.82. The minimum atomic E-state index is -4.59. The summed E-state index contributed by atoms with van der Waals surface area (Å²) in [6.45, 7) is 3.55. The van der Waals surface area contributed by atoms with Crippen LogP contribution in [0.4, 0.5) is 30.5 Å². The van der Waals surface area contributed by atoms with E-state index in [4.69, 9.17) is 0 Å². The molecule has 1 aliphatic heterocycles. The number of hydrogen-bond donors (Lipinski definition) is 3. The highest BCUT2D eigenvalue weighted by Gasteiger charge is 2.32. The topological polar surface area (TPSA) is 112 Å². The van der Waals surface area contributed by atoms with Crippen LogP contribution in [-0.2, 0) is 11.0 Å². The average molecular weight is 497 g/mol. The van der Waals surface area contributed by atoms with Crippen molar-refractivity contribution in [2.24, 2.45) is 0 Å². The summed E-state index contributed by atoms with van der Waals surface area (Å²) < 4.78 is 41.0. The Morgan fingerprint density at radius 1 is 1.08 bits per heavy atom. The molecule has 1 fully saturated rings. The van der Waals surface area contributed by atoms with Crippen molar-refractivity contribution in [3.63, 3.8) is 0 Å². The maximum absolute atomic E-state index is 13.2. The van der Waals surface area contributed by atoms with Crippen LogP contribution in [0.5, 0.6) is 0 Å². The van der Waals surface area contributed by atoms with Gasteiger partial charge in [0.05, 0.1) is 6.54 Å². The van der Waals surface area contributed by atoms with Gasteiger partial charge in [-0.05, 0) is 30.3 Å². The average Bonchev–Trinajstić information content (AvgIpc) is 3.34. The van der Waals surface area contributed by atoms with E-state index in [0.717, 1.165) is 32.2 Å². The Labute approximate surface area is 203 Å². The third-order valence-corrected chi connectivity index (χ3v) is 5.53. The largest absolute Gasteiger partial charge is 0.433 e. The molecule has 13 heteroatoms. The Balaban J connectivity index is 1.38. The van der Waals surface area contributed by atoms with Gasteiger partial charge in [-0.15, -0.1) is 5.10 Å². The zero-order valence-electron chi connectivity index (χ0n) is 19.0. The lowest BCUT2D eigenvalue weighted by Gasteiger charge is -2.26. The van der Waals surface area contributed by atoms with Crippen LogP contribution < -0.4 is 16.0 Å². The molecule has 0 radical (unpaired) electrons. The van der Waals surface area contributed by atoms with Crippen molar-refractivity contribution >= 4 is 28.7 Å². The molecule has 4 aromatic heterocycles. The molecule has 0 aliphatic carbocycles. The summed E-state index contributed by atoms with van der Waals surface area (Å²) in [7, 11) is 0. The Hall–Kier alpha value is -4.10. The van der Waals surface area contributed by atoms with Crippen LogP contribution in [-0.4, -0.2) is 68.1 Å². The lowest BCUT2D eigenvalue weighted by Crippen LogP contribution is -2.46. The molecule has 4 aromatic rings. The first-order chi connectivity index (χ1) is 17.3. The van der Waals surface area contributed by atoms with E-state index in [0.29, 0.717) is 22.8 Å². The third kappa shape index (κ3) is 5.42. The summed E-state index contributed by atoms with van der Waals surface area (Å²) in [4.78, 5) is 26.8. The number of rotatable bonds is 6. The Morgan fingerprint density at radius 3 is 2.72 bits per heavy atom. The summed E-state index contributed by atoms with van der Waals surface area (Å²) in [6.07, 6.45) is -1.39. The van der Waals surface area contributed by atoms with Gasteiger partial charge < -0.3 is 16.0 Å². The Bertz CT molecular complexity index is 1380. The highest BCUT2D eigenvalue weighted by molar-refractivity contribution is 5.92. The lowest BCUT2D eigenvalue weighted by atomic mass is 10.3. The van der Waals surface area contributed by atoms with Crippen molar-refractivity contribution in [3.05, 3.63) is 60.6 Å². The molecule has 5 rings (SSSR count). The predicted octanol–water partition coefficient (Wildman–Crippen LogP) is 2.79. The first-order valence-corrected chi connectivity index (χ1v) is 11.2. The fraction of sp³-hybridized carbons (Fsp3) is 0.261. The molecular weight excluding hydrogens is 475 g/mol. The highest BCUT2D eigenvalue weighted by atomic mass is 19.4. The van der Waals surface area contributed by atoms with Crippen molar-refractivity contribution in [2.75, 3.05) is 43.4 Å². The second-order valence-electron chi connectivity index (χ2n) is 8.16. The standard InChI is InChI=1S/C23H22F3N9O/c24-23(25,26)18-5-1-3-16(30-18)21-32-22(17-4-2-10-35(17)33-21)29-15-6-7-28-19(13-15)31-20(36)14-34-11-8-27-9-12-34/h1-7,10,13,27H,8-9,11-12,14H2,(H2,28,29,31,32,33,36). The summed E-state index contributed by atoms with van der Waals surface area (Å²) in [5.74, 6) is 0.565. The SMILES string of the molecule is O=C(CN1CCNCC1)Nc1cc(Nc2nc(-c3cccc(C(F)(F)F)n3)nn3cccc23)ccn1.